The lowest BCUT2D eigenvalue weighted by Crippen LogP contribution is -2.47. The van der Waals surface area contributed by atoms with Crippen LogP contribution in [0, 0.1) is 5.82 Å². The minimum Gasteiger partial charge on any atom is -0.364 e. The summed E-state index contributed by atoms with van der Waals surface area (Å²) >= 11 is 6.04. The molecule has 2 heterocycles. The van der Waals surface area contributed by atoms with Gasteiger partial charge in [-0.2, -0.15) is 0 Å². The van der Waals surface area contributed by atoms with Crippen molar-refractivity contribution in [3.63, 3.8) is 0 Å². The Balaban J connectivity index is 1.61. The lowest BCUT2D eigenvalue weighted by molar-refractivity contribution is -0.137. The maximum Gasteiger partial charge on any atom is 0.277 e. The van der Waals surface area contributed by atoms with Crippen LogP contribution in [0.4, 0.5) is 4.39 Å². The highest BCUT2D eigenvalue weighted by atomic mass is 35.5. The summed E-state index contributed by atoms with van der Waals surface area (Å²) in [7, 11) is 0. The van der Waals surface area contributed by atoms with Crippen LogP contribution in [-0.2, 0) is 16.0 Å². The van der Waals surface area contributed by atoms with Crippen LogP contribution in [0.3, 0.4) is 0 Å². The van der Waals surface area contributed by atoms with E-state index in [9.17, 15) is 14.0 Å². The minimum atomic E-state index is -0.308. The van der Waals surface area contributed by atoms with E-state index in [4.69, 9.17) is 11.6 Å². The van der Waals surface area contributed by atoms with Crippen molar-refractivity contribution in [1.82, 2.24) is 14.7 Å². The zero-order chi connectivity index (χ0) is 22.0. The first-order chi connectivity index (χ1) is 15.0. The lowest BCUT2D eigenvalue weighted by atomic mass is 10.0. The highest BCUT2D eigenvalue weighted by Gasteiger charge is 2.41. The van der Waals surface area contributed by atoms with Gasteiger partial charge in [-0.25, -0.2) is 4.39 Å². The SMILES string of the molecule is CCN1CCN(C2=C(c3ccc(Cl)cc3)C(=O)N(CCc3ccc(F)cc3)C2=O)CC1. The quantitative estimate of drug-likeness (QED) is 0.644. The molecular formula is C24H25ClFN3O2. The van der Waals surface area contributed by atoms with Crippen molar-refractivity contribution < 1.29 is 14.0 Å². The molecule has 0 radical (unpaired) electrons. The molecule has 5 nitrogen and oxygen atoms in total. The number of halogens is 2. The van der Waals surface area contributed by atoms with Crippen LogP contribution >= 0.6 is 11.6 Å². The van der Waals surface area contributed by atoms with Gasteiger partial charge in [-0.1, -0.05) is 42.8 Å². The van der Waals surface area contributed by atoms with Crippen molar-refractivity contribution in [3.8, 4) is 0 Å². The van der Waals surface area contributed by atoms with Crippen LogP contribution in [-0.4, -0.2) is 65.8 Å². The van der Waals surface area contributed by atoms with E-state index in [-0.39, 0.29) is 24.2 Å². The van der Waals surface area contributed by atoms with Crippen molar-refractivity contribution >= 4 is 29.0 Å². The summed E-state index contributed by atoms with van der Waals surface area (Å²) in [4.78, 5) is 32.4. The molecule has 0 unspecified atom stereocenters. The van der Waals surface area contributed by atoms with Crippen LogP contribution in [0.1, 0.15) is 18.1 Å². The molecule has 4 rings (SSSR count). The first-order valence-corrected chi connectivity index (χ1v) is 10.9. The summed E-state index contributed by atoms with van der Waals surface area (Å²) in [5, 5.41) is 0.576. The number of carbonyl (C=O) groups excluding carboxylic acids is 2. The number of rotatable bonds is 6. The molecule has 2 aromatic rings. The van der Waals surface area contributed by atoms with Crippen LogP contribution < -0.4 is 0 Å². The van der Waals surface area contributed by atoms with Crippen LogP contribution in [0.2, 0.25) is 5.02 Å². The Bertz CT molecular complexity index is 996. The second-order valence-electron chi connectivity index (χ2n) is 7.79. The van der Waals surface area contributed by atoms with Gasteiger partial charge in [-0.15, -0.1) is 0 Å². The zero-order valence-corrected chi connectivity index (χ0v) is 18.2. The summed E-state index contributed by atoms with van der Waals surface area (Å²) in [5.41, 5.74) is 2.48. The Morgan fingerprint density at radius 3 is 2.16 bits per heavy atom. The molecule has 2 amide bonds. The van der Waals surface area contributed by atoms with Crippen molar-refractivity contribution in [2.45, 2.75) is 13.3 Å². The van der Waals surface area contributed by atoms with E-state index in [1.54, 1.807) is 36.4 Å². The number of imide groups is 1. The molecule has 0 N–H and O–H groups in total. The predicted octanol–water partition coefficient (Wildman–Crippen LogP) is 3.44. The number of hydrogen-bond acceptors (Lipinski definition) is 4. The maximum atomic E-state index is 13.4. The number of benzene rings is 2. The third-order valence-electron chi connectivity index (χ3n) is 5.95. The maximum absolute atomic E-state index is 13.4. The molecule has 0 atom stereocenters. The Hall–Kier alpha value is -2.70. The van der Waals surface area contributed by atoms with Gasteiger partial charge < -0.3 is 9.80 Å². The molecule has 1 saturated heterocycles. The number of hydrogen-bond donors (Lipinski definition) is 0. The molecule has 2 aliphatic rings. The highest BCUT2D eigenvalue weighted by Crippen LogP contribution is 2.33. The molecule has 31 heavy (non-hydrogen) atoms. The van der Waals surface area contributed by atoms with Gasteiger partial charge in [0.15, 0.2) is 0 Å². The Kier molecular flexibility index (Phi) is 6.39. The van der Waals surface area contributed by atoms with Gasteiger partial charge in [0.25, 0.3) is 11.8 Å². The molecule has 0 bridgehead atoms. The van der Waals surface area contributed by atoms with Crippen LogP contribution in [0.5, 0.6) is 0 Å². The molecule has 1 fully saturated rings. The molecule has 0 aromatic heterocycles. The predicted molar refractivity (Wildman–Crippen MR) is 119 cm³/mol. The van der Waals surface area contributed by atoms with Gasteiger partial charge >= 0.3 is 0 Å². The second kappa shape index (κ2) is 9.20. The zero-order valence-electron chi connectivity index (χ0n) is 17.5. The standard InChI is InChI=1S/C24H25ClFN3O2/c1-2-27-13-15-28(16-14-27)22-21(18-5-7-19(25)8-6-18)23(30)29(24(22)31)12-11-17-3-9-20(26)10-4-17/h3-10H,2,11-16H2,1H3. The Morgan fingerprint density at radius 2 is 1.55 bits per heavy atom. The fraction of sp³-hybridized carbons (Fsp3) is 0.333. The number of nitrogens with zero attached hydrogens (tertiary/aromatic N) is 3. The largest absolute Gasteiger partial charge is 0.364 e. The summed E-state index contributed by atoms with van der Waals surface area (Å²) in [6, 6.07) is 13.2. The van der Waals surface area contributed by atoms with Gasteiger partial charge in [0.1, 0.15) is 11.5 Å². The minimum absolute atomic E-state index is 0.249. The average molecular weight is 442 g/mol. The summed E-state index contributed by atoms with van der Waals surface area (Å²) in [5.74, 6) is -0.860. The Morgan fingerprint density at radius 1 is 0.903 bits per heavy atom. The Labute approximate surface area is 186 Å². The van der Waals surface area contributed by atoms with Crippen LogP contribution in [0.15, 0.2) is 54.2 Å². The van der Waals surface area contributed by atoms with E-state index >= 15 is 0 Å². The first-order valence-electron chi connectivity index (χ1n) is 10.6. The average Bonchev–Trinajstić information content (AvgIpc) is 3.03. The molecule has 0 aliphatic carbocycles. The van der Waals surface area contributed by atoms with E-state index < -0.39 is 0 Å². The van der Waals surface area contributed by atoms with Gasteiger partial charge in [0.2, 0.25) is 0 Å². The van der Waals surface area contributed by atoms with E-state index in [2.05, 4.69) is 11.8 Å². The summed E-state index contributed by atoms with van der Waals surface area (Å²) in [6.45, 7) is 6.44. The van der Waals surface area contributed by atoms with Gasteiger partial charge in [-0.05, 0) is 48.4 Å². The van der Waals surface area contributed by atoms with Crippen molar-refractivity contribution in [2.75, 3.05) is 39.3 Å². The van der Waals surface area contributed by atoms with Crippen LogP contribution in [0.25, 0.3) is 5.57 Å². The fourth-order valence-electron chi connectivity index (χ4n) is 4.12. The van der Waals surface area contributed by atoms with Gasteiger partial charge in [0, 0.05) is 37.7 Å². The third kappa shape index (κ3) is 4.50. The smallest absolute Gasteiger partial charge is 0.277 e. The highest BCUT2D eigenvalue weighted by molar-refractivity contribution is 6.36. The number of amides is 2. The monoisotopic (exact) mass is 441 g/mol. The number of carbonyl (C=O) groups is 2. The molecule has 162 valence electrons. The molecule has 2 aromatic carbocycles. The van der Waals surface area contributed by atoms with E-state index in [0.29, 0.717) is 41.4 Å². The molecule has 2 aliphatic heterocycles. The fourth-order valence-corrected chi connectivity index (χ4v) is 4.24. The number of piperazine rings is 1. The van der Waals surface area contributed by atoms with Crippen molar-refractivity contribution in [1.29, 1.82) is 0 Å². The van der Waals surface area contributed by atoms with E-state index in [1.807, 2.05) is 4.90 Å². The van der Waals surface area contributed by atoms with E-state index in [1.165, 1.54) is 17.0 Å². The number of likely N-dealkylation sites (N-methyl/N-ethyl adjacent to an activating group) is 1. The molecule has 7 heteroatoms. The summed E-state index contributed by atoms with van der Waals surface area (Å²) < 4.78 is 13.2. The van der Waals surface area contributed by atoms with Gasteiger partial charge in [-0.3, -0.25) is 14.5 Å². The molecule has 0 saturated carbocycles. The van der Waals surface area contributed by atoms with E-state index in [0.717, 1.165) is 25.2 Å². The van der Waals surface area contributed by atoms with Gasteiger partial charge in [0.05, 0.1) is 5.57 Å². The molecular weight excluding hydrogens is 417 g/mol. The first kappa shape index (κ1) is 21.5. The summed E-state index contributed by atoms with van der Waals surface area (Å²) in [6.07, 6.45) is 0.475. The lowest BCUT2D eigenvalue weighted by Gasteiger charge is -2.36. The molecule has 0 spiro atoms. The second-order valence-corrected chi connectivity index (χ2v) is 8.23. The topological polar surface area (TPSA) is 43.9 Å². The van der Waals surface area contributed by atoms with Crippen molar-refractivity contribution in [2.24, 2.45) is 0 Å². The normalized spacial score (nSPS) is 17.8. The van der Waals surface area contributed by atoms with Crippen molar-refractivity contribution in [3.05, 3.63) is 76.2 Å². The third-order valence-corrected chi connectivity index (χ3v) is 6.20.